The van der Waals surface area contributed by atoms with Gasteiger partial charge >= 0.3 is 5.97 Å². The molecule has 2 amide bonds. The van der Waals surface area contributed by atoms with Gasteiger partial charge in [-0.05, 0) is 37.0 Å². The molecule has 2 fully saturated rings. The Morgan fingerprint density at radius 2 is 2.00 bits per heavy atom. The molecule has 3 atom stereocenters. The van der Waals surface area contributed by atoms with Crippen LogP contribution in [0.3, 0.4) is 0 Å². The SMILES string of the molecule is C[C@H]1CCC[C@@H]2C(=O)N(c3cccc(C(=O)O)c3)C(=O)[C@@H]21. The lowest BCUT2D eigenvalue weighted by molar-refractivity contribution is -0.123. The summed E-state index contributed by atoms with van der Waals surface area (Å²) in [6.07, 6.45) is 2.67. The lowest BCUT2D eigenvalue weighted by Crippen LogP contribution is -2.32. The van der Waals surface area contributed by atoms with Gasteiger partial charge in [0.1, 0.15) is 0 Å². The number of carboxylic acids is 1. The molecular formula is C16H17NO4. The second-order valence-electron chi connectivity index (χ2n) is 5.91. The van der Waals surface area contributed by atoms with E-state index in [9.17, 15) is 14.4 Å². The van der Waals surface area contributed by atoms with Gasteiger partial charge in [0.2, 0.25) is 11.8 Å². The fraction of sp³-hybridized carbons (Fsp3) is 0.438. The molecule has 0 radical (unpaired) electrons. The van der Waals surface area contributed by atoms with Crippen LogP contribution in [0, 0.1) is 17.8 Å². The Morgan fingerprint density at radius 1 is 1.24 bits per heavy atom. The summed E-state index contributed by atoms with van der Waals surface area (Å²) >= 11 is 0. The van der Waals surface area contributed by atoms with Crippen LogP contribution in [-0.4, -0.2) is 22.9 Å². The summed E-state index contributed by atoms with van der Waals surface area (Å²) in [5, 5.41) is 9.04. The number of hydrogen-bond acceptors (Lipinski definition) is 3. The van der Waals surface area contributed by atoms with Crippen molar-refractivity contribution in [2.75, 3.05) is 4.90 Å². The number of amides is 2. The standard InChI is InChI=1S/C16H17NO4/c1-9-4-2-7-12-13(9)15(19)17(14(12)18)11-6-3-5-10(8-11)16(20)21/h3,5-6,8-9,12-13H,2,4,7H2,1H3,(H,20,21)/t9-,12-,13+/m0/s1. The molecule has 5 nitrogen and oxygen atoms in total. The molecule has 0 spiro atoms. The molecule has 1 aliphatic heterocycles. The third kappa shape index (κ3) is 2.13. The second-order valence-corrected chi connectivity index (χ2v) is 5.91. The zero-order chi connectivity index (χ0) is 15.1. The van der Waals surface area contributed by atoms with Gasteiger partial charge in [0, 0.05) is 0 Å². The minimum absolute atomic E-state index is 0.0796. The van der Waals surface area contributed by atoms with Crippen LogP contribution in [0.2, 0.25) is 0 Å². The van der Waals surface area contributed by atoms with Crippen LogP contribution in [0.5, 0.6) is 0 Å². The lowest BCUT2D eigenvalue weighted by Gasteiger charge is -2.27. The summed E-state index contributed by atoms with van der Waals surface area (Å²) in [7, 11) is 0. The van der Waals surface area contributed by atoms with E-state index >= 15 is 0 Å². The van der Waals surface area contributed by atoms with E-state index < -0.39 is 5.97 Å². The molecule has 1 aliphatic carbocycles. The number of fused-ring (bicyclic) bond motifs is 1. The number of carbonyl (C=O) groups is 3. The van der Waals surface area contributed by atoms with Crippen LogP contribution in [0.4, 0.5) is 5.69 Å². The summed E-state index contributed by atoms with van der Waals surface area (Å²) in [4.78, 5) is 37.4. The third-order valence-electron chi connectivity index (χ3n) is 4.62. The molecule has 1 aromatic rings. The van der Waals surface area contributed by atoms with Gasteiger partial charge in [-0.25, -0.2) is 4.79 Å². The highest BCUT2D eigenvalue weighted by Crippen LogP contribution is 2.43. The number of carbonyl (C=O) groups excluding carboxylic acids is 2. The van der Waals surface area contributed by atoms with E-state index in [1.54, 1.807) is 12.1 Å². The zero-order valence-corrected chi connectivity index (χ0v) is 11.8. The van der Waals surface area contributed by atoms with E-state index in [1.165, 1.54) is 17.0 Å². The Bertz CT molecular complexity index is 624. The molecule has 1 heterocycles. The molecule has 5 heteroatoms. The van der Waals surface area contributed by atoms with Crippen molar-refractivity contribution in [2.24, 2.45) is 17.8 Å². The van der Waals surface area contributed by atoms with Crippen molar-refractivity contribution in [1.82, 2.24) is 0 Å². The Labute approximate surface area is 122 Å². The Hall–Kier alpha value is -2.17. The molecule has 0 bridgehead atoms. The van der Waals surface area contributed by atoms with E-state index in [0.717, 1.165) is 19.3 Å². The van der Waals surface area contributed by atoms with Crippen LogP contribution < -0.4 is 4.90 Å². The first-order valence-corrected chi connectivity index (χ1v) is 7.22. The Balaban J connectivity index is 1.99. The first kappa shape index (κ1) is 13.8. The fourth-order valence-electron chi connectivity index (χ4n) is 3.56. The quantitative estimate of drug-likeness (QED) is 0.847. The third-order valence-corrected chi connectivity index (χ3v) is 4.62. The number of anilines is 1. The molecule has 1 saturated carbocycles. The predicted molar refractivity (Wildman–Crippen MR) is 75.9 cm³/mol. The van der Waals surface area contributed by atoms with E-state index in [-0.39, 0.29) is 35.1 Å². The monoisotopic (exact) mass is 287 g/mol. The van der Waals surface area contributed by atoms with E-state index in [4.69, 9.17) is 5.11 Å². The van der Waals surface area contributed by atoms with E-state index in [1.807, 2.05) is 6.92 Å². The molecule has 1 N–H and O–H groups in total. The van der Waals surface area contributed by atoms with Gasteiger partial charge in [-0.3, -0.25) is 14.5 Å². The molecule has 1 aromatic carbocycles. The number of imide groups is 1. The van der Waals surface area contributed by atoms with Gasteiger partial charge in [0.25, 0.3) is 0 Å². The van der Waals surface area contributed by atoms with Gasteiger partial charge in [-0.15, -0.1) is 0 Å². The number of rotatable bonds is 2. The molecule has 0 unspecified atom stereocenters. The first-order chi connectivity index (χ1) is 10.0. The largest absolute Gasteiger partial charge is 0.478 e. The van der Waals surface area contributed by atoms with E-state index in [0.29, 0.717) is 5.69 Å². The highest BCUT2D eigenvalue weighted by molar-refractivity contribution is 6.22. The minimum Gasteiger partial charge on any atom is -0.478 e. The maximum atomic E-state index is 12.6. The summed E-state index contributed by atoms with van der Waals surface area (Å²) < 4.78 is 0. The van der Waals surface area contributed by atoms with Crippen molar-refractivity contribution in [1.29, 1.82) is 0 Å². The maximum Gasteiger partial charge on any atom is 0.335 e. The van der Waals surface area contributed by atoms with Crippen molar-refractivity contribution < 1.29 is 19.5 Å². The number of benzene rings is 1. The smallest absolute Gasteiger partial charge is 0.335 e. The average molecular weight is 287 g/mol. The number of carboxylic acid groups (broad SMARTS) is 1. The van der Waals surface area contributed by atoms with Crippen LogP contribution in [-0.2, 0) is 9.59 Å². The minimum atomic E-state index is -1.07. The second kappa shape index (κ2) is 4.98. The fourth-order valence-corrected chi connectivity index (χ4v) is 3.56. The van der Waals surface area contributed by atoms with Crippen molar-refractivity contribution in [3.63, 3.8) is 0 Å². The predicted octanol–water partition coefficient (Wildman–Crippen LogP) is 2.31. The average Bonchev–Trinajstić information content (AvgIpc) is 2.72. The molecule has 0 aromatic heterocycles. The van der Waals surface area contributed by atoms with Crippen LogP contribution in [0.1, 0.15) is 36.5 Å². The van der Waals surface area contributed by atoms with Crippen molar-refractivity contribution >= 4 is 23.5 Å². The molecular weight excluding hydrogens is 270 g/mol. The summed E-state index contributed by atoms with van der Waals surface area (Å²) in [6, 6.07) is 6.02. The first-order valence-electron chi connectivity index (χ1n) is 7.22. The van der Waals surface area contributed by atoms with Crippen molar-refractivity contribution in [3.8, 4) is 0 Å². The summed E-state index contributed by atoms with van der Waals surface area (Å²) in [6.45, 7) is 2.01. The van der Waals surface area contributed by atoms with Gasteiger partial charge in [0.05, 0.1) is 23.1 Å². The Kier molecular flexibility index (Phi) is 3.27. The highest BCUT2D eigenvalue weighted by Gasteiger charge is 2.51. The zero-order valence-electron chi connectivity index (χ0n) is 11.8. The van der Waals surface area contributed by atoms with Crippen LogP contribution in [0.25, 0.3) is 0 Å². The maximum absolute atomic E-state index is 12.6. The van der Waals surface area contributed by atoms with Gasteiger partial charge < -0.3 is 5.11 Å². The van der Waals surface area contributed by atoms with Crippen molar-refractivity contribution in [2.45, 2.75) is 26.2 Å². The molecule has 2 aliphatic rings. The van der Waals surface area contributed by atoms with Gasteiger partial charge in [0.15, 0.2) is 0 Å². The topological polar surface area (TPSA) is 74.7 Å². The van der Waals surface area contributed by atoms with Gasteiger partial charge in [-0.1, -0.05) is 19.4 Å². The van der Waals surface area contributed by atoms with Gasteiger partial charge in [-0.2, -0.15) is 0 Å². The molecule has 110 valence electrons. The normalized spacial score (nSPS) is 28.6. The van der Waals surface area contributed by atoms with Crippen LogP contribution in [0.15, 0.2) is 24.3 Å². The summed E-state index contributed by atoms with van der Waals surface area (Å²) in [5.74, 6) is -1.72. The molecule has 1 saturated heterocycles. The van der Waals surface area contributed by atoms with Crippen LogP contribution >= 0.6 is 0 Å². The number of aromatic carboxylic acids is 1. The number of hydrogen-bond donors (Lipinski definition) is 1. The van der Waals surface area contributed by atoms with E-state index in [2.05, 4.69) is 0 Å². The summed E-state index contributed by atoms with van der Waals surface area (Å²) in [5.41, 5.74) is 0.447. The Morgan fingerprint density at radius 3 is 2.67 bits per heavy atom. The highest BCUT2D eigenvalue weighted by atomic mass is 16.4. The molecule has 21 heavy (non-hydrogen) atoms. The molecule has 3 rings (SSSR count). The number of nitrogens with zero attached hydrogens (tertiary/aromatic N) is 1. The van der Waals surface area contributed by atoms with Crippen molar-refractivity contribution in [3.05, 3.63) is 29.8 Å². The lowest BCUT2D eigenvalue weighted by atomic mass is 9.74.